The van der Waals surface area contributed by atoms with Gasteiger partial charge in [-0.15, -0.1) is 0 Å². The van der Waals surface area contributed by atoms with Gasteiger partial charge in [-0.1, -0.05) is 0 Å². The first-order valence-electron chi connectivity index (χ1n) is 8.17. The second kappa shape index (κ2) is 8.06. The molecule has 2 unspecified atom stereocenters. The van der Waals surface area contributed by atoms with Crippen LogP contribution in [0.15, 0.2) is 24.3 Å². The molecule has 3 rings (SSSR count). The zero-order chi connectivity index (χ0) is 16.9. The Morgan fingerprint density at radius 1 is 1.25 bits per heavy atom. The fourth-order valence-corrected chi connectivity index (χ4v) is 3.51. The van der Waals surface area contributed by atoms with Gasteiger partial charge in [-0.3, -0.25) is 13.9 Å². The molecule has 1 aromatic carbocycles. The SMILES string of the molecule is O=C(c1ccc(NS(=O)[O-])cc1)N1CCN(CC2CCOC2)CC1. The molecule has 2 saturated heterocycles. The number of nitrogens with one attached hydrogen (secondary N) is 1. The Morgan fingerprint density at radius 2 is 1.96 bits per heavy atom. The molecule has 7 nitrogen and oxygen atoms in total. The van der Waals surface area contributed by atoms with Crippen LogP contribution in [-0.4, -0.2) is 70.4 Å². The van der Waals surface area contributed by atoms with Crippen molar-refractivity contribution in [3.8, 4) is 0 Å². The molecular weight excluding hydrogens is 330 g/mol. The van der Waals surface area contributed by atoms with Crippen LogP contribution in [0.2, 0.25) is 0 Å². The Kier molecular flexibility index (Phi) is 5.83. The Labute approximate surface area is 144 Å². The molecule has 0 bridgehead atoms. The molecule has 0 aliphatic carbocycles. The molecule has 0 aromatic heterocycles. The molecule has 24 heavy (non-hydrogen) atoms. The lowest BCUT2D eigenvalue weighted by molar-refractivity contribution is 0.0611. The summed E-state index contributed by atoms with van der Waals surface area (Å²) in [5.41, 5.74) is 1.03. The zero-order valence-electron chi connectivity index (χ0n) is 13.5. The van der Waals surface area contributed by atoms with E-state index in [1.54, 1.807) is 24.3 Å². The minimum atomic E-state index is -2.35. The number of hydrogen-bond acceptors (Lipinski definition) is 5. The second-order valence-electron chi connectivity index (χ2n) is 6.24. The fourth-order valence-electron chi connectivity index (χ4n) is 3.19. The van der Waals surface area contributed by atoms with Gasteiger partial charge in [-0.25, -0.2) is 0 Å². The molecule has 2 fully saturated rings. The van der Waals surface area contributed by atoms with E-state index in [0.717, 1.165) is 52.4 Å². The maximum atomic E-state index is 12.5. The first kappa shape index (κ1) is 17.3. The average molecular weight is 352 g/mol. The van der Waals surface area contributed by atoms with Crippen molar-refractivity contribution in [2.75, 3.05) is 50.7 Å². The van der Waals surface area contributed by atoms with Crippen molar-refractivity contribution in [3.05, 3.63) is 29.8 Å². The van der Waals surface area contributed by atoms with Crippen LogP contribution in [0.5, 0.6) is 0 Å². The molecule has 1 N–H and O–H groups in total. The van der Waals surface area contributed by atoms with Crippen molar-refractivity contribution < 1.29 is 18.3 Å². The highest BCUT2D eigenvalue weighted by atomic mass is 32.2. The Morgan fingerprint density at radius 3 is 2.54 bits per heavy atom. The van der Waals surface area contributed by atoms with Crippen molar-refractivity contribution in [2.45, 2.75) is 6.42 Å². The fraction of sp³-hybridized carbons (Fsp3) is 0.562. The van der Waals surface area contributed by atoms with Gasteiger partial charge in [0.05, 0.1) is 6.61 Å². The monoisotopic (exact) mass is 352 g/mol. The number of piperazine rings is 1. The van der Waals surface area contributed by atoms with Crippen LogP contribution in [-0.2, 0) is 16.0 Å². The molecule has 1 amide bonds. The van der Waals surface area contributed by atoms with Crippen molar-refractivity contribution in [2.24, 2.45) is 5.92 Å². The first-order valence-corrected chi connectivity index (χ1v) is 9.24. The number of carbonyl (C=O) groups is 1. The van der Waals surface area contributed by atoms with Crippen LogP contribution in [0.4, 0.5) is 5.69 Å². The third kappa shape index (κ3) is 4.54. The maximum Gasteiger partial charge on any atom is 0.253 e. The molecule has 0 spiro atoms. The summed E-state index contributed by atoms with van der Waals surface area (Å²) in [5.74, 6) is 0.618. The van der Waals surface area contributed by atoms with E-state index in [4.69, 9.17) is 4.74 Å². The number of benzene rings is 1. The largest absolute Gasteiger partial charge is 0.755 e. The van der Waals surface area contributed by atoms with Crippen LogP contribution in [0.3, 0.4) is 0 Å². The standard InChI is InChI=1S/C16H23N3O4S/c20-16(14-1-3-15(4-2-14)17-24(21)22)19-8-6-18(7-9-19)11-13-5-10-23-12-13/h1-4,13,17H,5-12H2,(H,21,22)/p-1. The number of carbonyl (C=O) groups excluding carboxylic acids is 1. The molecule has 2 aliphatic rings. The second-order valence-corrected chi connectivity index (χ2v) is 6.91. The van der Waals surface area contributed by atoms with Crippen molar-refractivity contribution in [3.63, 3.8) is 0 Å². The van der Waals surface area contributed by atoms with E-state index in [1.807, 2.05) is 4.90 Å². The molecule has 1 aromatic rings. The Bertz CT molecular complexity index is 581. The predicted molar refractivity (Wildman–Crippen MR) is 90.3 cm³/mol. The highest BCUT2D eigenvalue weighted by Crippen LogP contribution is 2.17. The number of anilines is 1. The molecule has 2 heterocycles. The van der Waals surface area contributed by atoms with Crippen LogP contribution in [0, 0.1) is 5.92 Å². The van der Waals surface area contributed by atoms with Crippen LogP contribution >= 0.6 is 0 Å². The lowest BCUT2D eigenvalue weighted by atomic mass is 10.1. The Hall–Kier alpha value is -1.48. The van der Waals surface area contributed by atoms with Gasteiger partial charge >= 0.3 is 0 Å². The van der Waals surface area contributed by atoms with Gasteiger partial charge in [-0.05, 0) is 36.6 Å². The number of hydrogen-bond donors (Lipinski definition) is 1. The van der Waals surface area contributed by atoms with E-state index in [-0.39, 0.29) is 5.91 Å². The van der Waals surface area contributed by atoms with Gasteiger partial charge in [0.1, 0.15) is 0 Å². The summed E-state index contributed by atoms with van der Waals surface area (Å²) in [4.78, 5) is 16.8. The predicted octanol–water partition coefficient (Wildman–Crippen LogP) is 0.687. The molecule has 2 aliphatic heterocycles. The highest BCUT2D eigenvalue weighted by Gasteiger charge is 2.25. The van der Waals surface area contributed by atoms with Crippen LogP contribution in [0.1, 0.15) is 16.8 Å². The van der Waals surface area contributed by atoms with Crippen molar-refractivity contribution in [1.82, 2.24) is 9.80 Å². The van der Waals surface area contributed by atoms with Crippen molar-refractivity contribution >= 4 is 22.9 Å². The molecule has 132 valence electrons. The Balaban J connectivity index is 1.50. The topological polar surface area (TPSA) is 84.9 Å². The summed E-state index contributed by atoms with van der Waals surface area (Å²) < 4.78 is 28.9. The molecular formula is C16H22N3O4S-. The summed E-state index contributed by atoms with van der Waals surface area (Å²) in [7, 11) is 0. The normalized spacial score (nSPS) is 23.2. The summed E-state index contributed by atoms with van der Waals surface area (Å²) >= 11 is -2.35. The van der Waals surface area contributed by atoms with Gasteiger partial charge in [-0.2, -0.15) is 0 Å². The van der Waals surface area contributed by atoms with Gasteiger partial charge in [0.2, 0.25) is 0 Å². The third-order valence-electron chi connectivity index (χ3n) is 4.53. The van der Waals surface area contributed by atoms with E-state index < -0.39 is 11.3 Å². The van der Waals surface area contributed by atoms with E-state index in [0.29, 0.717) is 17.2 Å². The van der Waals surface area contributed by atoms with Crippen LogP contribution in [0.25, 0.3) is 0 Å². The van der Waals surface area contributed by atoms with E-state index in [9.17, 15) is 13.6 Å². The summed E-state index contributed by atoms with van der Waals surface area (Å²) in [6.45, 7) is 5.98. The number of ether oxygens (including phenoxy) is 1. The number of amides is 1. The van der Waals surface area contributed by atoms with Crippen molar-refractivity contribution in [1.29, 1.82) is 0 Å². The minimum absolute atomic E-state index is 0.00588. The van der Waals surface area contributed by atoms with E-state index in [2.05, 4.69) is 9.62 Å². The van der Waals surface area contributed by atoms with Crippen LogP contribution < -0.4 is 4.72 Å². The quantitative estimate of drug-likeness (QED) is 0.788. The molecule has 8 heteroatoms. The van der Waals surface area contributed by atoms with Gasteiger partial charge in [0.25, 0.3) is 5.91 Å². The van der Waals surface area contributed by atoms with Gasteiger partial charge in [0.15, 0.2) is 0 Å². The van der Waals surface area contributed by atoms with Gasteiger partial charge in [0, 0.05) is 61.8 Å². The zero-order valence-corrected chi connectivity index (χ0v) is 14.3. The summed E-state index contributed by atoms with van der Waals surface area (Å²) in [6, 6.07) is 6.50. The summed E-state index contributed by atoms with van der Waals surface area (Å²) in [5, 5.41) is 0. The van der Waals surface area contributed by atoms with E-state index >= 15 is 0 Å². The summed E-state index contributed by atoms with van der Waals surface area (Å²) in [6.07, 6.45) is 1.13. The number of rotatable bonds is 5. The number of nitrogens with zero attached hydrogens (tertiary/aromatic N) is 2. The van der Waals surface area contributed by atoms with Gasteiger partial charge < -0.3 is 18.9 Å². The third-order valence-corrected chi connectivity index (χ3v) is 4.94. The lowest BCUT2D eigenvalue weighted by Crippen LogP contribution is -2.49. The molecule has 2 atom stereocenters. The molecule has 0 radical (unpaired) electrons. The lowest BCUT2D eigenvalue weighted by Gasteiger charge is -2.35. The first-order chi connectivity index (χ1) is 11.6. The average Bonchev–Trinajstić information content (AvgIpc) is 3.08. The molecule has 0 saturated carbocycles. The smallest absolute Gasteiger partial charge is 0.253 e. The highest BCUT2D eigenvalue weighted by molar-refractivity contribution is 7.80. The minimum Gasteiger partial charge on any atom is -0.755 e. The van der Waals surface area contributed by atoms with E-state index in [1.165, 1.54) is 0 Å². The maximum absolute atomic E-state index is 12.5.